The molecule has 0 fully saturated rings. The largest absolute Gasteiger partial charge is 0.513 e. The summed E-state index contributed by atoms with van der Waals surface area (Å²) in [6.07, 6.45) is -5.58. The highest BCUT2D eigenvalue weighted by Crippen LogP contribution is 2.38. The Hall–Kier alpha value is -2.74. The quantitative estimate of drug-likeness (QED) is 0.606. The van der Waals surface area contributed by atoms with Gasteiger partial charge in [-0.25, -0.2) is 4.79 Å². The molecular weight excluding hydrogens is 365 g/mol. The van der Waals surface area contributed by atoms with Crippen LogP contribution < -0.4 is 9.47 Å². The second kappa shape index (κ2) is 8.30. The van der Waals surface area contributed by atoms with Gasteiger partial charge in [-0.2, -0.15) is 13.2 Å². The summed E-state index contributed by atoms with van der Waals surface area (Å²) in [6, 6.07) is 6.84. The normalized spacial score (nSPS) is 11.2. The number of benzene rings is 2. The number of aryl methyl sites for hydroxylation is 2. The SMILES string of the molecule is COC(=O)Oc1cccc(CO)c1COc1cc(C)c(C)cc1C(F)(F)F. The van der Waals surface area contributed by atoms with Crippen LogP contribution in [0.1, 0.15) is 27.8 Å². The standard InChI is InChI=1S/C19H19F3O5/c1-11-7-15(19(20,21)22)17(8-12(11)2)26-10-14-13(9-23)5-4-6-16(14)27-18(24)25-3/h4-8,23H,9-10H2,1-3H3. The number of rotatable bonds is 5. The Morgan fingerprint density at radius 3 is 2.37 bits per heavy atom. The van der Waals surface area contributed by atoms with E-state index in [0.717, 1.165) is 13.2 Å². The van der Waals surface area contributed by atoms with E-state index in [4.69, 9.17) is 9.47 Å². The van der Waals surface area contributed by atoms with Gasteiger partial charge < -0.3 is 19.3 Å². The van der Waals surface area contributed by atoms with Gasteiger partial charge in [-0.1, -0.05) is 12.1 Å². The summed E-state index contributed by atoms with van der Waals surface area (Å²) in [7, 11) is 1.12. The molecule has 0 aliphatic carbocycles. The molecule has 5 nitrogen and oxygen atoms in total. The van der Waals surface area contributed by atoms with Crippen molar-refractivity contribution in [2.45, 2.75) is 33.2 Å². The predicted molar refractivity (Wildman–Crippen MR) is 90.6 cm³/mol. The molecule has 0 aromatic heterocycles. The first-order valence-corrected chi connectivity index (χ1v) is 7.96. The molecule has 0 unspecified atom stereocenters. The van der Waals surface area contributed by atoms with Gasteiger partial charge in [0.05, 0.1) is 19.3 Å². The summed E-state index contributed by atoms with van der Waals surface area (Å²) < 4.78 is 54.8. The van der Waals surface area contributed by atoms with Gasteiger partial charge in [0, 0.05) is 5.56 Å². The van der Waals surface area contributed by atoms with Crippen molar-refractivity contribution in [1.29, 1.82) is 0 Å². The highest BCUT2D eigenvalue weighted by Gasteiger charge is 2.35. The molecule has 0 atom stereocenters. The minimum atomic E-state index is -4.59. The fraction of sp³-hybridized carbons (Fsp3) is 0.316. The summed E-state index contributed by atoms with van der Waals surface area (Å²) in [4.78, 5) is 11.4. The van der Waals surface area contributed by atoms with Crippen LogP contribution in [0.15, 0.2) is 30.3 Å². The van der Waals surface area contributed by atoms with E-state index >= 15 is 0 Å². The summed E-state index contributed by atoms with van der Waals surface area (Å²) in [5, 5.41) is 9.49. The van der Waals surface area contributed by atoms with Gasteiger partial charge in [-0.05, 0) is 48.7 Å². The minimum absolute atomic E-state index is 0.0331. The van der Waals surface area contributed by atoms with Crippen molar-refractivity contribution >= 4 is 6.16 Å². The highest BCUT2D eigenvalue weighted by molar-refractivity contribution is 5.64. The molecule has 8 heteroatoms. The topological polar surface area (TPSA) is 65.0 Å². The van der Waals surface area contributed by atoms with Crippen molar-refractivity contribution in [3.63, 3.8) is 0 Å². The lowest BCUT2D eigenvalue weighted by Gasteiger charge is -2.18. The number of halogens is 3. The van der Waals surface area contributed by atoms with Crippen molar-refractivity contribution < 1.29 is 37.3 Å². The molecule has 0 heterocycles. The number of aliphatic hydroxyl groups excluding tert-OH is 1. The van der Waals surface area contributed by atoms with E-state index in [9.17, 15) is 23.1 Å². The van der Waals surface area contributed by atoms with Crippen LogP contribution in [0.3, 0.4) is 0 Å². The zero-order valence-electron chi connectivity index (χ0n) is 15.0. The zero-order valence-corrected chi connectivity index (χ0v) is 15.0. The smallest absolute Gasteiger partial charge is 0.488 e. The molecule has 0 aliphatic rings. The minimum Gasteiger partial charge on any atom is -0.488 e. The average molecular weight is 384 g/mol. The molecule has 0 spiro atoms. The average Bonchev–Trinajstić information content (AvgIpc) is 2.61. The monoisotopic (exact) mass is 384 g/mol. The predicted octanol–water partition coefficient (Wildman–Crippen LogP) is 4.54. The van der Waals surface area contributed by atoms with Crippen molar-refractivity contribution in [1.82, 2.24) is 0 Å². The lowest BCUT2D eigenvalue weighted by molar-refractivity contribution is -0.139. The third kappa shape index (κ3) is 4.91. The van der Waals surface area contributed by atoms with E-state index < -0.39 is 24.5 Å². The molecule has 0 saturated heterocycles. The van der Waals surface area contributed by atoms with Crippen LogP contribution in [0.5, 0.6) is 11.5 Å². The van der Waals surface area contributed by atoms with Crippen LogP contribution in [0.4, 0.5) is 18.0 Å². The number of aliphatic hydroxyl groups is 1. The summed E-state index contributed by atoms with van der Waals surface area (Å²) in [5.74, 6) is -0.312. The maximum atomic E-state index is 13.3. The van der Waals surface area contributed by atoms with E-state index in [1.165, 1.54) is 18.2 Å². The Morgan fingerprint density at radius 2 is 1.78 bits per heavy atom. The van der Waals surface area contributed by atoms with Crippen LogP contribution in [-0.4, -0.2) is 18.4 Å². The number of carbonyl (C=O) groups excluding carboxylic acids is 1. The molecule has 0 aliphatic heterocycles. The Balaban J connectivity index is 2.39. The Morgan fingerprint density at radius 1 is 1.11 bits per heavy atom. The lowest BCUT2D eigenvalue weighted by Crippen LogP contribution is -2.13. The van der Waals surface area contributed by atoms with Crippen LogP contribution >= 0.6 is 0 Å². The van der Waals surface area contributed by atoms with Gasteiger partial charge in [0.25, 0.3) is 0 Å². The van der Waals surface area contributed by atoms with Crippen molar-refractivity contribution in [2.24, 2.45) is 0 Å². The number of methoxy groups -OCH3 is 1. The van der Waals surface area contributed by atoms with Gasteiger partial charge in [-0.3, -0.25) is 0 Å². The molecule has 2 rings (SSSR count). The fourth-order valence-corrected chi connectivity index (χ4v) is 2.43. The van der Waals surface area contributed by atoms with Crippen molar-refractivity contribution in [2.75, 3.05) is 7.11 Å². The van der Waals surface area contributed by atoms with Crippen LogP contribution in [0, 0.1) is 13.8 Å². The summed E-state index contributed by atoms with van der Waals surface area (Å²) >= 11 is 0. The van der Waals surface area contributed by atoms with E-state index in [1.807, 2.05) is 0 Å². The molecule has 0 saturated carbocycles. The van der Waals surface area contributed by atoms with Crippen molar-refractivity contribution in [3.8, 4) is 11.5 Å². The maximum absolute atomic E-state index is 13.3. The lowest BCUT2D eigenvalue weighted by atomic mass is 10.0. The summed E-state index contributed by atoms with van der Waals surface area (Å²) in [5.41, 5.74) is 0.827. The van der Waals surface area contributed by atoms with E-state index in [2.05, 4.69) is 4.74 Å². The molecule has 2 aromatic rings. The third-order valence-corrected chi connectivity index (χ3v) is 4.03. The molecular formula is C19H19F3O5. The van der Waals surface area contributed by atoms with Gasteiger partial charge in [0.1, 0.15) is 18.1 Å². The van der Waals surface area contributed by atoms with Gasteiger partial charge in [0.2, 0.25) is 0 Å². The molecule has 0 amide bonds. The molecule has 2 aromatic carbocycles. The number of ether oxygens (including phenoxy) is 3. The van der Waals surface area contributed by atoms with Crippen molar-refractivity contribution in [3.05, 3.63) is 58.1 Å². The van der Waals surface area contributed by atoms with E-state index in [0.29, 0.717) is 16.7 Å². The first kappa shape index (κ1) is 20.6. The first-order chi connectivity index (χ1) is 12.7. The van der Waals surface area contributed by atoms with Crippen LogP contribution in [-0.2, 0) is 24.1 Å². The second-order valence-electron chi connectivity index (χ2n) is 5.83. The zero-order chi connectivity index (χ0) is 20.2. The van der Waals surface area contributed by atoms with Gasteiger partial charge in [-0.15, -0.1) is 0 Å². The molecule has 146 valence electrons. The van der Waals surface area contributed by atoms with Gasteiger partial charge in [0.15, 0.2) is 0 Å². The highest BCUT2D eigenvalue weighted by atomic mass is 19.4. The third-order valence-electron chi connectivity index (χ3n) is 4.03. The molecule has 0 bridgehead atoms. The number of carbonyl (C=O) groups is 1. The molecule has 1 N–H and O–H groups in total. The van der Waals surface area contributed by atoms with Crippen LogP contribution in [0.2, 0.25) is 0 Å². The Kier molecular flexibility index (Phi) is 6.32. The Bertz CT molecular complexity index is 831. The van der Waals surface area contributed by atoms with E-state index in [-0.39, 0.29) is 23.7 Å². The number of alkyl halides is 3. The van der Waals surface area contributed by atoms with E-state index in [1.54, 1.807) is 19.9 Å². The van der Waals surface area contributed by atoms with Crippen LogP contribution in [0.25, 0.3) is 0 Å². The molecule has 27 heavy (non-hydrogen) atoms. The second-order valence-corrected chi connectivity index (χ2v) is 5.83. The first-order valence-electron chi connectivity index (χ1n) is 7.96. The number of hydrogen-bond donors (Lipinski definition) is 1. The Labute approximate surface area is 154 Å². The van der Waals surface area contributed by atoms with Gasteiger partial charge >= 0.3 is 12.3 Å². The maximum Gasteiger partial charge on any atom is 0.513 e. The number of hydrogen-bond acceptors (Lipinski definition) is 5. The fourth-order valence-electron chi connectivity index (χ4n) is 2.43. The summed E-state index contributed by atoms with van der Waals surface area (Å²) in [6.45, 7) is 2.51. The molecule has 0 radical (unpaired) electrons.